The summed E-state index contributed by atoms with van der Waals surface area (Å²) < 4.78 is 5.82. The van der Waals surface area contributed by atoms with Gasteiger partial charge in [0.1, 0.15) is 11.6 Å². The van der Waals surface area contributed by atoms with Crippen molar-refractivity contribution in [1.82, 2.24) is 20.6 Å². The van der Waals surface area contributed by atoms with Crippen LogP contribution in [0.15, 0.2) is 16.7 Å². The Morgan fingerprint density at radius 1 is 1.13 bits per heavy atom. The van der Waals surface area contributed by atoms with Gasteiger partial charge in [-0.05, 0) is 34.9 Å². The predicted octanol–water partition coefficient (Wildman–Crippen LogP) is 5.75. The van der Waals surface area contributed by atoms with Gasteiger partial charge < -0.3 is 9.52 Å². The molecule has 0 fully saturated rings. The van der Waals surface area contributed by atoms with Crippen molar-refractivity contribution in [2.45, 2.75) is 95.6 Å². The monoisotopic (exact) mass is 436 g/mol. The second-order valence-corrected chi connectivity index (χ2v) is 9.11. The number of unbranched alkanes of at least 4 members (excludes halogenated alkanes) is 9. The molecule has 0 saturated heterocycles. The molecule has 2 aromatic heterocycles. The number of carboxylic acids is 1. The van der Waals surface area contributed by atoms with E-state index < -0.39 is 5.97 Å². The topological polar surface area (TPSA) is 105 Å². The molecule has 30 heavy (non-hydrogen) atoms. The average Bonchev–Trinajstić information content (AvgIpc) is 3.40. The SMILES string of the molecule is CCCCCCCCCCCCc1ccoc1C(Cc1nnn[nH]1)SCCC(=O)O. The second kappa shape index (κ2) is 15.0. The fourth-order valence-corrected chi connectivity index (χ4v) is 4.81. The zero-order valence-electron chi connectivity index (χ0n) is 18.1. The maximum atomic E-state index is 10.9. The number of H-pyrrole nitrogens is 1. The summed E-state index contributed by atoms with van der Waals surface area (Å²) in [5.41, 5.74) is 1.22. The predicted molar refractivity (Wildman–Crippen MR) is 120 cm³/mol. The molecule has 8 heteroatoms. The zero-order valence-corrected chi connectivity index (χ0v) is 19.0. The maximum Gasteiger partial charge on any atom is 0.304 e. The molecule has 0 saturated carbocycles. The number of furan rings is 1. The van der Waals surface area contributed by atoms with Crippen LogP contribution in [0.2, 0.25) is 0 Å². The van der Waals surface area contributed by atoms with Crippen molar-refractivity contribution in [3.63, 3.8) is 0 Å². The highest BCUT2D eigenvalue weighted by atomic mass is 32.2. The van der Waals surface area contributed by atoms with Crippen LogP contribution in [0.3, 0.4) is 0 Å². The lowest BCUT2D eigenvalue weighted by Crippen LogP contribution is -2.05. The van der Waals surface area contributed by atoms with Crippen LogP contribution >= 0.6 is 11.8 Å². The van der Waals surface area contributed by atoms with Crippen molar-refractivity contribution in [2.75, 3.05) is 5.75 Å². The minimum absolute atomic E-state index is 0.00669. The van der Waals surface area contributed by atoms with E-state index in [2.05, 4.69) is 27.5 Å². The molecule has 0 radical (unpaired) electrons. The number of hydrogen-bond acceptors (Lipinski definition) is 6. The number of carbonyl (C=O) groups is 1. The largest absolute Gasteiger partial charge is 0.481 e. The molecule has 2 aromatic rings. The van der Waals surface area contributed by atoms with E-state index in [1.807, 2.05) is 6.07 Å². The number of nitrogens with zero attached hydrogens (tertiary/aromatic N) is 3. The Morgan fingerprint density at radius 2 is 1.83 bits per heavy atom. The van der Waals surface area contributed by atoms with Crippen molar-refractivity contribution in [3.8, 4) is 0 Å². The third kappa shape index (κ3) is 9.78. The quantitative estimate of drug-likeness (QED) is 0.287. The lowest BCUT2D eigenvalue weighted by molar-refractivity contribution is -0.136. The van der Waals surface area contributed by atoms with Gasteiger partial charge in [0.2, 0.25) is 0 Å². The van der Waals surface area contributed by atoms with Gasteiger partial charge in [-0.1, -0.05) is 64.7 Å². The standard InChI is InChI=1S/C22H36N4O3S/c1-2-3-4-5-6-7-8-9-10-11-12-18-13-15-29-22(18)19(30-16-14-21(27)28)17-20-23-25-26-24-20/h13,15,19H,2-12,14,16-17H2,1H3,(H,27,28)(H,23,24,25,26). The summed E-state index contributed by atoms with van der Waals surface area (Å²) in [6.45, 7) is 2.26. The Bertz CT molecular complexity index is 690. The van der Waals surface area contributed by atoms with E-state index in [0.717, 1.165) is 18.6 Å². The van der Waals surface area contributed by atoms with E-state index in [0.29, 0.717) is 18.0 Å². The number of carboxylic acid groups (broad SMARTS) is 1. The van der Waals surface area contributed by atoms with Crippen LogP contribution in [0.25, 0.3) is 0 Å². The summed E-state index contributed by atoms with van der Waals surface area (Å²) in [7, 11) is 0. The second-order valence-electron chi connectivity index (χ2n) is 7.80. The third-order valence-electron chi connectivity index (χ3n) is 5.28. The van der Waals surface area contributed by atoms with Crippen molar-refractivity contribution in [3.05, 3.63) is 29.5 Å². The summed E-state index contributed by atoms with van der Waals surface area (Å²) in [5, 5.41) is 23.0. The Labute approximate surface area is 183 Å². The average molecular weight is 437 g/mol. The number of aliphatic carboxylic acids is 1. The van der Waals surface area contributed by atoms with Crippen LogP contribution in [0.1, 0.15) is 100.0 Å². The summed E-state index contributed by atoms with van der Waals surface area (Å²) >= 11 is 1.59. The lowest BCUT2D eigenvalue weighted by atomic mass is 10.0. The minimum Gasteiger partial charge on any atom is -0.481 e. The van der Waals surface area contributed by atoms with Gasteiger partial charge in [-0.25, -0.2) is 5.10 Å². The fraction of sp³-hybridized carbons (Fsp3) is 0.727. The smallest absolute Gasteiger partial charge is 0.304 e. The molecule has 0 aliphatic rings. The van der Waals surface area contributed by atoms with Gasteiger partial charge >= 0.3 is 5.97 Å². The zero-order chi connectivity index (χ0) is 21.4. The number of aromatic amines is 1. The molecule has 0 aromatic carbocycles. The van der Waals surface area contributed by atoms with E-state index in [9.17, 15) is 4.79 Å². The Balaban J connectivity index is 1.75. The first kappa shape index (κ1) is 24.4. The number of rotatable bonds is 18. The maximum absolute atomic E-state index is 10.9. The number of thioether (sulfide) groups is 1. The van der Waals surface area contributed by atoms with Crippen molar-refractivity contribution in [2.24, 2.45) is 0 Å². The van der Waals surface area contributed by atoms with Gasteiger partial charge in [-0.15, -0.1) is 16.9 Å². The summed E-state index contributed by atoms with van der Waals surface area (Å²) in [5.74, 6) is 1.36. The number of tetrazole rings is 1. The molecular formula is C22H36N4O3S. The van der Waals surface area contributed by atoms with Gasteiger partial charge in [0.15, 0.2) is 0 Å². The highest BCUT2D eigenvalue weighted by molar-refractivity contribution is 7.99. The fourth-order valence-electron chi connectivity index (χ4n) is 3.60. The lowest BCUT2D eigenvalue weighted by Gasteiger charge is -2.14. The molecule has 2 rings (SSSR count). The molecule has 2 N–H and O–H groups in total. The minimum atomic E-state index is -0.785. The first-order chi connectivity index (χ1) is 14.7. The molecule has 7 nitrogen and oxygen atoms in total. The van der Waals surface area contributed by atoms with Gasteiger partial charge in [-0.2, -0.15) is 0 Å². The number of aryl methyl sites for hydroxylation is 1. The molecule has 0 aliphatic heterocycles. The van der Waals surface area contributed by atoms with Crippen LogP contribution in [0.4, 0.5) is 0 Å². The van der Waals surface area contributed by atoms with E-state index in [4.69, 9.17) is 9.52 Å². The summed E-state index contributed by atoms with van der Waals surface area (Å²) in [6.07, 6.45) is 16.6. The van der Waals surface area contributed by atoms with E-state index >= 15 is 0 Å². The van der Waals surface area contributed by atoms with Gasteiger partial charge in [0.25, 0.3) is 0 Å². The number of aromatic nitrogens is 4. The highest BCUT2D eigenvalue weighted by Gasteiger charge is 2.22. The number of nitrogens with one attached hydrogen (secondary N) is 1. The molecule has 1 atom stereocenters. The van der Waals surface area contributed by atoms with Crippen LogP contribution in [0.5, 0.6) is 0 Å². The Hall–Kier alpha value is -1.83. The van der Waals surface area contributed by atoms with E-state index in [1.165, 1.54) is 63.4 Å². The van der Waals surface area contributed by atoms with Crippen molar-refractivity contribution < 1.29 is 14.3 Å². The molecule has 0 amide bonds. The van der Waals surface area contributed by atoms with Crippen LogP contribution in [0, 0.1) is 0 Å². The first-order valence-corrected chi connectivity index (χ1v) is 12.4. The molecule has 168 valence electrons. The molecule has 2 heterocycles. The van der Waals surface area contributed by atoms with Crippen LogP contribution < -0.4 is 0 Å². The first-order valence-electron chi connectivity index (χ1n) is 11.3. The van der Waals surface area contributed by atoms with Crippen molar-refractivity contribution in [1.29, 1.82) is 0 Å². The highest BCUT2D eigenvalue weighted by Crippen LogP contribution is 2.35. The third-order valence-corrected chi connectivity index (χ3v) is 6.50. The van der Waals surface area contributed by atoms with Crippen LogP contribution in [-0.4, -0.2) is 37.5 Å². The summed E-state index contributed by atoms with van der Waals surface area (Å²) in [4.78, 5) is 10.9. The molecule has 0 spiro atoms. The Morgan fingerprint density at radius 3 is 2.47 bits per heavy atom. The number of hydrogen-bond donors (Lipinski definition) is 2. The van der Waals surface area contributed by atoms with Gasteiger partial charge in [0, 0.05) is 12.2 Å². The van der Waals surface area contributed by atoms with Gasteiger partial charge in [-0.3, -0.25) is 4.79 Å². The van der Waals surface area contributed by atoms with E-state index in [-0.39, 0.29) is 11.7 Å². The van der Waals surface area contributed by atoms with Crippen LogP contribution in [-0.2, 0) is 17.6 Å². The molecule has 0 bridgehead atoms. The molecule has 0 aliphatic carbocycles. The molecule has 1 unspecified atom stereocenters. The molecular weight excluding hydrogens is 400 g/mol. The van der Waals surface area contributed by atoms with E-state index in [1.54, 1.807) is 18.0 Å². The normalized spacial score (nSPS) is 12.3. The van der Waals surface area contributed by atoms with Gasteiger partial charge in [0.05, 0.1) is 17.9 Å². The van der Waals surface area contributed by atoms with Crippen molar-refractivity contribution >= 4 is 17.7 Å². The summed E-state index contributed by atoms with van der Waals surface area (Å²) in [6, 6.07) is 2.05. The Kier molecular flexibility index (Phi) is 12.3.